The Hall–Kier alpha value is -0.130. The largest absolute Gasteiger partial charge is 0.303 e. The van der Waals surface area contributed by atoms with Crippen molar-refractivity contribution in [1.82, 2.24) is 9.62 Å². The fourth-order valence-electron chi connectivity index (χ4n) is 1.49. The zero-order chi connectivity index (χ0) is 9.90. The standard InChI is InChI=1S/C7H16N2O2S/c1-2-3-9-5-7(6-9)4-8-12(10)11/h7,12H,2-6H2,1H3,(H,8,10,11)/i12D. The van der Waals surface area contributed by atoms with Crippen LogP contribution in [0.5, 0.6) is 0 Å². The Kier molecular flexibility index (Phi) is 3.38. The molecule has 1 aliphatic heterocycles. The molecule has 0 atom stereocenters. The molecule has 4 nitrogen and oxygen atoms in total. The van der Waals surface area contributed by atoms with Crippen molar-refractivity contribution in [3.63, 3.8) is 0 Å². The molecule has 1 saturated heterocycles. The summed E-state index contributed by atoms with van der Waals surface area (Å²) in [4.78, 5) is 2.28. The maximum absolute atomic E-state index is 10.4. The van der Waals surface area contributed by atoms with E-state index in [0.29, 0.717) is 12.5 Å². The number of nitrogens with one attached hydrogen (secondary N) is 1. The predicted octanol–water partition coefficient (Wildman–Crippen LogP) is -0.556. The lowest BCUT2D eigenvalue weighted by Crippen LogP contribution is -2.50. The summed E-state index contributed by atoms with van der Waals surface area (Å²) in [6.07, 6.45) is 1.14. The quantitative estimate of drug-likeness (QED) is 0.576. The minimum atomic E-state index is -3.74. The van der Waals surface area contributed by atoms with Gasteiger partial charge in [0.15, 0.2) is 1.12 Å². The number of rotatable bonds is 5. The van der Waals surface area contributed by atoms with Gasteiger partial charge in [-0.3, -0.25) is 0 Å². The molecular weight excluding hydrogens is 176 g/mol. The highest BCUT2D eigenvalue weighted by molar-refractivity contribution is 7.70. The summed E-state index contributed by atoms with van der Waals surface area (Å²) in [5.74, 6) is 0.395. The second-order valence-electron chi connectivity index (χ2n) is 3.21. The van der Waals surface area contributed by atoms with Gasteiger partial charge in [-0.1, -0.05) is 6.92 Å². The molecule has 1 N–H and O–H groups in total. The van der Waals surface area contributed by atoms with E-state index in [2.05, 4.69) is 16.5 Å². The molecule has 0 aromatic rings. The van der Waals surface area contributed by atoms with Crippen LogP contribution in [0.3, 0.4) is 0 Å². The minimum Gasteiger partial charge on any atom is -0.303 e. The molecule has 0 spiro atoms. The first kappa shape index (κ1) is 8.47. The van der Waals surface area contributed by atoms with Gasteiger partial charge in [-0.2, -0.15) is 0 Å². The van der Waals surface area contributed by atoms with Crippen LogP contribution in [0.25, 0.3) is 0 Å². The smallest absolute Gasteiger partial charge is 0.201 e. The molecule has 0 radical (unpaired) electrons. The van der Waals surface area contributed by atoms with Crippen molar-refractivity contribution in [2.45, 2.75) is 13.3 Å². The number of likely N-dealkylation sites (tertiary alicyclic amines) is 1. The van der Waals surface area contributed by atoms with E-state index in [-0.39, 0.29) is 0 Å². The van der Waals surface area contributed by atoms with Crippen LogP contribution in [-0.4, -0.2) is 40.6 Å². The zero-order valence-electron chi connectivity index (χ0n) is 8.28. The van der Waals surface area contributed by atoms with E-state index in [1.54, 1.807) is 0 Å². The van der Waals surface area contributed by atoms with E-state index in [1.165, 1.54) is 0 Å². The van der Waals surface area contributed by atoms with Gasteiger partial charge in [0.2, 0.25) is 10.8 Å². The highest BCUT2D eigenvalue weighted by Gasteiger charge is 2.24. The molecule has 1 rings (SSSR count). The van der Waals surface area contributed by atoms with Crippen LogP contribution in [0.1, 0.15) is 13.3 Å². The molecule has 0 unspecified atom stereocenters. The number of nitrogens with zero attached hydrogens (tertiary/aromatic N) is 1. The third-order valence-electron chi connectivity index (χ3n) is 2.06. The van der Waals surface area contributed by atoms with Crippen LogP contribution in [0.4, 0.5) is 0 Å². The molecule has 1 aliphatic rings. The fraction of sp³-hybridized carbons (Fsp3) is 1.00. The van der Waals surface area contributed by atoms with E-state index < -0.39 is 10.8 Å². The Morgan fingerprint density at radius 3 is 2.83 bits per heavy atom. The molecule has 1 fully saturated rings. The van der Waals surface area contributed by atoms with Gasteiger partial charge in [-0.05, 0) is 18.9 Å². The van der Waals surface area contributed by atoms with E-state index >= 15 is 0 Å². The summed E-state index contributed by atoms with van der Waals surface area (Å²) in [6.45, 7) is 5.53. The van der Waals surface area contributed by atoms with E-state index in [0.717, 1.165) is 26.1 Å². The zero-order valence-corrected chi connectivity index (χ0v) is 8.10. The third kappa shape index (κ3) is 3.08. The van der Waals surface area contributed by atoms with Crippen molar-refractivity contribution in [3.8, 4) is 0 Å². The predicted molar refractivity (Wildman–Crippen MR) is 48.5 cm³/mol. The average Bonchev–Trinajstić information content (AvgIpc) is 1.91. The first-order chi connectivity index (χ1) is 6.01. The summed E-state index contributed by atoms with van der Waals surface area (Å²) in [6, 6.07) is 0. The lowest BCUT2D eigenvalue weighted by molar-refractivity contribution is 0.104. The second kappa shape index (κ2) is 4.79. The number of hydrogen-bond donors (Lipinski definition) is 2. The number of hydrogen-bond acceptors (Lipinski definition) is 3. The van der Waals surface area contributed by atoms with Gasteiger partial charge < -0.3 is 4.90 Å². The molecule has 0 saturated carbocycles. The highest BCUT2D eigenvalue weighted by Crippen LogP contribution is 2.13. The lowest BCUT2D eigenvalue weighted by Gasteiger charge is -2.38. The van der Waals surface area contributed by atoms with Crippen molar-refractivity contribution in [2.75, 3.05) is 26.2 Å². The lowest BCUT2D eigenvalue weighted by atomic mass is 10.0. The van der Waals surface area contributed by atoms with Crippen molar-refractivity contribution in [2.24, 2.45) is 5.92 Å². The monoisotopic (exact) mass is 193 g/mol. The van der Waals surface area contributed by atoms with Crippen LogP contribution in [-0.2, 0) is 10.8 Å². The summed E-state index contributed by atoms with van der Waals surface area (Å²) in [7, 11) is -3.74. The van der Waals surface area contributed by atoms with Crippen molar-refractivity contribution < 1.29 is 8.42 Å². The average molecular weight is 193 g/mol. The Balaban J connectivity index is 2.09. The van der Waals surface area contributed by atoms with Gasteiger partial charge in [0.05, 0.1) is 0 Å². The highest BCUT2D eigenvalue weighted by atomic mass is 32.2. The Labute approximate surface area is 76.1 Å². The Morgan fingerprint density at radius 1 is 1.67 bits per heavy atom. The summed E-state index contributed by atoms with van der Waals surface area (Å²) >= 11 is 0. The van der Waals surface area contributed by atoms with Gasteiger partial charge in [0.25, 0.3) is 0 Å². The van der Waals surface area contributed by atoms with Crippen molar-refractivity contribution in [1.29, 1.82) is 1.12 Å². The van der Waals surface area contributed by atoms with Gasteiger partial charge in [-0.25, -0.2) is 13.1 Å². The molecule has 5 heteroatoms. The third-order valence-corrected chi connectivity index (χ3v) is 2.46. The SMILES string of the molecule is [2H]S(=O)(=O)NCC1CN(CCC)C1. The molecule has 0 aliphatic carbocycles. The topological polar surface area (TPSA) is 49.4 Å². The molecule has 1 heterocycles. The maximum Gasteiger partial charge on any atom is 0.201 e. The molecule has 0 amide bonds. The molecular formula is C7H16N2O2S. The molecule has 0 aromatic carbocycles. The van der Waals surface area contributed by atoms with Crippen LogP contribution in [0.2, 0.25) is 0 Å². The Bertz CT molecular complexity index is 249. The first-order valence-corrected chi connectivity index (χ1v) is 5.35. The van der Waals surface area contributed by atoms with Crippen molar-refractivity contribution >= 4 is 10.8 Å². The summed E-state index contributed by atoms with van der Waals surface area (Å²) < 4.78 is 29.7. The number of thiol groups is 1. The normalized spacial score (nSPS) is 21.9. The summed E-state index contributed by atoms with van der Waals surface area (Å²) in [5, 5.41) is 0. The second-order valence-corrected chi connectivity index (χ2v) is 3.97. The van der Waals surface area contributed by atoms with Crippen LogP contribution in [0, 0.1) is 5.92 Å². The van der Waals surface area contributed by atoms with Crippen molar-refractivity contribution in [3.05, 3.63) is 0 Å². The molecule has 0 aromatic heterocycles. The van der Waals surface area contributed by atoms with Gasteiger partial charge in [0, 0.05) is 19.6 Å². The molecule has 12 heavy (non-hydrogen) atoms. The molecule has 72 valence electrons. The van der Waals surface area contributed by atoms with E-state index in [4.69, 9.17) is 1.12 Å². The fourth-order valence-corrected chi connectivity index (χ4v) is 1.86. The molecule has 0 bridgehead atoms. The van der Waals surface area contributed by atoms with Gasteiger partial charge in [-0.15, -0.1) is 0 Å². The minimum absolute atomic E-state index is 0.395. The van der Waals surface area contributed by atoms with Crippen LogP contribution in [0.15, 0.2) is 0 Å². The first-order valence-electron chi connectivity index (χ1n) is 4.68. The van der Waals surface area contributed by atoms with Crippen LogP contribution >= 0.6 is 0 Å². The van der Waals surface area contributed by atoms with Crippen LogP contribution < -0.4 is 4.72 Å². The van der Waals surface area contributed by atoms with Gasteiger partial charge >= 0.3 is 0 Å². The Morgan fingerprint density at radius 2 is 2.33 bits per heavy atom. The summed E-state index contributed by atoms with van der Waals surface area (Å²) in [5.41, 5.74) is 0. The maximum atomic E-state index is 10.4. The van der Waals surface area contributed by atoms with E-state index in [9.17, 15) is 8.42 Å². The van der Waals surface area contributed by atoms with E-state index in [1.807, 2.05) is 0 Å². The van der Waals surface area contributed by atoms with Gasteiger partial charge in [0.1, 0.15) is 0 Å².